The average Bonchev–Trinajstić information content (AvgIpc) is 2.95. The van der Waals surface area contributed by atoms with Crippen LogP contribution < -0.4 is 4.90 Å². The predicted molar refractivity (Wildman–Crippen MR) is 150 cm³/mol. The normalized spacial score (nSPS) is 13.6. The highest BCUT2D eigenvalue weighted by molar-refractivity contribution is 5.94. The van der Waals surface area contributed by atoms with Gasteiger partial charge in [0.2, 0.25) is 0 Å². The van der Waals surface area contributed by atoms with Gasteiger partial charge in [0.05, 0.1) is 0 Å². The first-order valence-corrected chi connectivity index (χ1v) is 13.2. The number of piperazine rings is 1. The van der Waals surface area contributed by atoms with Crippen molar-refractivity contribution in [1.82, 2.24) is 14.9 Å². The van der Waals surface area contributed by atoms with Crippen LogP contribution in [0, 0.1) is 19.7 Å². The van der Waals surface area contributed by atoms with Crippen molar-refractivity contribution in [2.24, 2.45) is 0 Å². The van der Waals surface area contributed by atoms with Crippen molar-refractivity contribution in [3.05, 3.63) is 112 Å². The van der Waals surface area contributed by atoms with Crippen LogP contribution in [0.5, 0.6) is 0 Å². The molecule has 5 nitrogen and oxygen atoms in total. The van der Waals surface area contributed by atoms with Crippen LogP contribution in [0.15, 0.2) is 72.8 Å². The molecule has 38 heavy (non-hydrogen) atoms. The lowest BCUT2D eigenvalue weighted by atomic mass is 9.96. The van der Waals surface area contributed by atoms with Crippen LogP contribution in [0.25, 0.3) is 11.4 Å². The van der Waals surface area contributed by atoms with E-state index in [2.05, 4.69) is 43.9 Å². The summed E-state index contributed by atoms with van der Waals surface area (Å²) in [6, 6.07) is 22.4. The van der Waals surface area contributed by atoms with Crippen molar-refractivity contribution < 1.29 is 9.18 Å². The molecule has 1 aromatic heterocycles. The van der Waals surface area contributed by atoms with E-state index in [0.717, 1.165) is 41.3 Å². The molecule has 5 rings (SSSR count). The lowest BCUT2D eigenvalue weighted by molar-refractivity contribution is 0.0746. The second kappa shape index (κ2) is 11.1. The topological polar surface area (TPSA) is 49.3 Å². The number of hydrogen-bond acceptors (Lipinski definition) is 4. The summed E-state index contributed by atoms with van der Waals surface area (Å²) in [6.07, 6.45) is 1.56. The van der Waals surface area contributed by atoms with Crippen molar-refractivity contribution in [2.45, 2.75) is 33.6 Å². The largest absolute Gasteiger partial charge is 0.353 e. The maximum Gasteiger partial charge on any atom is 0.253 e. The SMILES string of the molecule is CCc1nc(-c2ccccc2)nc(N2CCN(C(=O)c3ccc(F)cc3)CC2)c1Cc1cc(C)ccc1C. The van der Waals surface area contributed by atoms with Gasteiger partial charge in [0.15, 0.2) is 5.82 Å². The highest BCUT2D eigenvalue weighted by atomic mass is 19.1. The van der Waals surface area contributed by atoms with Crippen molar-refractivity contribution in [3.63, 3.8) is 0 Å². The number of benzene rings is 3. The first-order chi connectivity index (χ1) is 18.4. The van der Waals surface area contributed by atoms with Gasteiger partial charge in [-0.25, -0.2) is 14.4 Å². The van der Waals surface area contributed by atoms with E-state index in [4.69, 9.17) is 9.97 Å². The van der Waals surface area contributed by atoms with Gasteiger partial charge in [-0.1, -0.05) is 61.0 Å². The molecule has 1 aliphatic rings. The van der Waals surface area contributed by atoms with E-state index >= 15 is 0 Å². The van der Waals surface area contributed by atoms with Gasteiger partial charge < -0.3 is 9.80 Å². The Morgan fingerprint density at radius 1 is 0.895 bits per heavy atom. The number of rotatable bonds is 6. The molecule has 0 saturated carbocycles. The lowest BCUT2D eigenvalue weighted by Crippen LogP contribution is -2.49. The Kier molecular flexibility index (Phi) is 7.50. The van der Waals surface area contributed by atoms with Crippen molar-refractivity contribution in [3.8, 4) is 11.4 Å². The van der Waals surface area contributed by atoms with Gasteiger partial charge in [-0.2, -0.15) is 0 Å². The first kappa shape index (κ1) is 25.6. The molecule has 1 saturated heterocycles. The van der Waals surface area contributed by atoms with Crippen LogP contribution in [-0.4, -0.2) is 47.0 Å². The number of hydrogen-bond donors (Lipinski definition) is 0. The molecule has 194 valence electrons. The molecule has 3 aromatic carbocycles. The molecule has 6 heteroatoms. The number of carbonyl (C=O) groups is 1. The third kappa shape index (κ3) is 5.44. The Morgan fingerprint density at radius 2 is 1.61 bits per heavy atom. The summed E-state index contributed by atoms with van der Waals surface area (Å²) in [7, 11) is 0. The minimum absolute atomic E-state index is 0.0674. The maximum absolute atomic E-state index is 13.3. The fraction of sp³-hybridized carbons (Fsp3) is 0.281. The molecule has 0 aliphatic carbocycles. The van der Waals surface area contributed by atoms with Crippen molar-refractivity contribution >= 4 is 11.7 Å². The Labute approximate surface area is 224 Å². The summed E-state index contributed by atoms with van der Waals surface area (Å²) in [6.45, 7) is 8.90. The second-order valence-corrected chi connectivity index (χ2v) is 9.91. The summed E-state index contributed by atoms with van der Waals surface area (Å²) < 4.78 is 13.3. The molecular weight excluding hydrogens is 475 g/mol. The highest BCUT2D eigenvalue weighted by Gasteiger charge is 2.26. The van der Waals surface area contributed by atoms with Crippen LogP contribution in [-0.2, 0) is 12.8 Å². The van der Waals surface area contributed by atoms with Gasteiger partial charge in [-0.05, 0) is 55.7 Å². The molecule has 0 unspecified atom stereocenters. The zero-order valence-corrected chi connectivity index (χ0v) is 22.2. The van der Waals surface area contributed by atoms with Crippen molar-refractivity contribution in [1.29, 1.82) is 0 Å². The zero-order chi connectivity index (χ0) is 26.6. The number of anilines is 1. The van der Waals surface area contributed by atoms with E-state index < -0.39 is 0 Å². The molecule has 0 atom stereocenters. The number of aromatic nitrogens is 2. The molecule has 2 heterocycles. The third-order valence-electron chi connectivity index (χ3n) is 7.27. The van der Waals surface area contributed by atoms with Crippen LogP contribution >= 0.6 is 0 Å². The summed E-state index contributed by atoms with van der Waals surface area (Å²) >= 11 is 0. The Hall–Kier alpha value is -4.06. The van der Waals surface area contributed by atoms with E-state index in [1.807, 2.05) is 35.2 Å². The smallest absolute Gasteiger partial charge is 0.253 e. The Morgan fingerprint density at radius 3 is 2.29 bits per heavy atom. The number of nitrogens with zero attached hydrogens (tertiary/aromatic N) is 4. The predicted octanol–water partition coefficient (Wildman–Crippen LogP) is 6.02. The minimum Gasteiger partial charge on any atom is -0.353 e. The van der Waals surface area contributed by atoms with Gasteiger partial charge in [-0.15, -0.1) is 0 Å². The molecule has 1 amide bonds. The second-order valence-electron chi connectivity index (χ2n) is 9.91. The Balaban J connectivity index is 1.48. The van der Waals surface area contributed by atoms with E-state index in [1.165, 1.54) is 28.8 Å². The number of carbonyl (C=O) groups excluding carboxylic acids is 1. The van der Waals surface area contributed by atoms with Gasteiger partial charge in [0, 0.05) is 55.0 Å². The fourth-order valence-electron chi connectivity index (χ4n) is 5.05. The molecule has 4 aromatic rings. The molecule has 0 bridgehead atoms. The average molecular weight is 509 g/mol. The summed E-state index contributed by atoms with van der Waals surface area (Å²) in [4.78, 5) is 27.3. The summed E-state index contributed by atoms with van der Waals surface area (Å²) in [5, 5.41) is 0. The Bertz CT molecular complexity index is 1430. The molecule has 0 spiro atoms. The quantitative estimate of drug-likeness (QED) is 0.320. The maximum atomic E-state index is 13.3. The monoisotopic (exact) mass is 508 g/mol. The van der Waals surface area contributed by atoms with E-state index in [0.29, 0.717) is 31.7 Å². The number of amides is 1. The third-order valence-corrected chi connectivity index (χ3v) is 7.27. The van der Waals surface area contributed by atoms with Crippen molar-refractivity contribution in [2.75, 3.05) is 31.1 Å². The molecule has 0 N–H and O–H groups in total. The van der Waals surface area contributed by atoms with E-state index in [9.17, 15) is 9.18 Å². The van der Waals surface area contributed by atoms with Gasteiger partial charge >= 0.3 is 0 Å². The van der Waals surface area contributed by atoms with Gasteiger partial charge in [0.25, 0.3) is 5.91 Å². The number of aryl methyl sites for hydroxylation is 3. The molecule has 0 radical (unpaired) electrons. The van der Waals surface area contributed by atoms with E-state index in [1.54, 1.807) is 12.1 Å². The van der Waals surface area contributed by atoms with Crippen LogP contribution in [0.1, 0.15) is 45.2 Å². The minimum atomic E-state index is -0.340. The standard InChI is InChI=1S/C32H33FN4O/c1-4-29-28(21-26-20-22(2)10-11-23(26)3)31(35-30(34-29)24-8-6-5-7-9-24)36-16-18-37(19-17-36)32(38)25-12-14-27(33)15-13-25/h5-15,20H,4,16-19,21H2,1-3H3. The molecular formula is C32H33FN4O. The fourth-order valence-corrected chi connectivity index (χ4v) is 5.05. The summed E-state index contributed by atoms with van der Waals surface area (Å²) in [5.74, 6) is 1.27. The molecule has 1 aliphatic heterocycles. The molecule has 1 fully saturated rings. The van der Waals surface area contributed by atoms with Crippen LogP contribution in [0.3, 0.4) is 0 Å². The highest BCUT2D eigenvalue weighted by Crippen LogP contribution is 2.30. The summed E-state index contributed by atoms with van der Waals surface area (Å²) in [5.41, 5.74) is 7.48. The lowest BCUT2D eigenvalue weighted by Gasteiger charge is -2.36. The first-order valence-electron chi connectivity index (χ1n) is 13.2. The van der Waals surface area contributed by atoms with Crippen LogP contribution in [0.4, 0.5) is 10.2 Å². The number of halogens is 1. The van der Waals surface area contributed by atoms with Gasteiger partial charge in [0.1, 0.15) is 11.6 Å². The van der Waals surface area contributed by atoms with Crippen LogP contribution in [0.2, 0.25) is 0 Å². The van der Waals surface area contributed by atoms with Gasteiger partial charge in [-0.3, -0.25) is 4.79 Å². The van der Waals surface area contributed by atoms with E-state index in [-0.39, 0.29) is 11.7 Å². The zero-order valence-electron chi connectivity index (χ0n) is 22.2.